The topological polar surface area (TPSA) is 73.2 Å². The van der Waals surface area contributed by atoms with E-state index in [4.69, 9.17) is 5.26 Å². The number of ketones is 1. The van der Waals surface area contributed by atoms with Crippen LogP contribution in [-0.2, 0) is 4.79 Å². The van der Waals surface area contributed by atoms with Gasteiger partial charge in [0.25, 0.3) is 0 Å². The summed E-state index contributed by atoms with van der Waals surface area (Å²) in [6.45, 7) is 4.59. The van der Waals surface area contributed by atoms with E-state index >= 15 is 0 Å². The van der Waals surface area contributed by atoms with E-state index in [1.54, 1.807) is 18.2 Å². The highest BCUT2D eigenvalue weighted by molar-refractivity contribution is 6.00. The van der Waals surface area contributed by atoms with Crippen LogP contribution < -0.4 is 10.2 Å². The molecule has 1 aromatic rings. The molecule has 1 amide bonds. The van der Waals surface area contributed by atoms with Crippen molar-refractivity contribution in [2.24, 2.45) is 0 Å². The SMILES string of the molecule is CC(=O)NC1CCN(c2cc(C#N)ccc2C(C)=O)CC1. The number of carbonyl (C=O) groups is 2. The van der Waals surface area contributed by atoms with Gasteiger partial charge in [0, 0.05) is 37.3 Å². The van der Waals surface area contributed by atoms with Crippen LogP contribution in [0.1, 0.15) is 42.6 Å². The minimum Gasteiger partial charge on any atom is -0.371 e. The predicted octanol–water partition coefficient (Wildman–Crippen LogP) is 1.87. The molecule has 1 saturated heterocycles. The first-order valence-electron chi connectivity index (χ1n) is 7.08. The van der Waals surface area contributed by atoms with Crippen molar-refractivity contribution in [3.05, 3.63) is 29.3 Å². The molecule has 2 rings (SSSR count). The van der Waals surface area contributed by atoms with Crippen LogP contribution in [0.25, 0.3) is 0 Å². The summed E-state index contributed by atoms with van der Waals surface area (Å²) in [5.41, 5.74) is 2.02. The third-order valence-corrected chi connectivity index (χ3v) is 3.75. The van der Waals surface area contributed by atoms with E-state index in [-0.39, 0.29) is 17.7 Å². The van der Waals surface area contributed by atoms with E-state index in [1.165, 1.54) is 13.8 Å². The average Bonchev–Trinajstić information content (AvgIpc) is 2.46. The lowest BCUT2D eigenvalue weighted by molar-refractivity contribution is -0.119. The van der Waals surface area contributed by atoms with Gasteiger partial charge in [0.15, 0.2) is 5.78 Å². The number of carbonyl (C=O) groups excluding carboxylic acids is 2. The van der Waals surface area contributed by atoms with Gasteiger partial charge >= 0.3 is 0 Å². The zero-order valence-electron chi connectivity index (χ0n) is 12.3. The molecule has 0 atom stereocenters. The number of piperidine rings is 1. The summed E-state index contributed by atoms with van der Waals surface area (Å²) in [4.78, 5) is 25.0. The Morgan fingerprint density at radius 2 is 1.95 bits per heavy atom. The van der Waals surface area contributed by atoms with Crippen molar-refractivity contribution in [3.63, 3.8) is 0 Å². The van der Waals surface area contributed by atoms with Crippen LogP contribution in [0.3, 0.4) is 0 Å². The van der Waals surface area contributed by atoms with Crippen molar-refractivity contribution in [2.75, 3.05) is 18.0 Å². The van der Waals surface area contributed by atoms with Gasteiger partial charge < -0.3 is 10.2 Å². The van der Waals surface area contributed by atoms with E-state index < -0.39 is 0 Å². The molecule has 5 nitrogen and oxygen atoms in total. The summed E-state index contributed by atoms with van der Waals surface area (Å²) in [6, 6.07) is 7.47. The fourth-order valence-corrected chi connectivity index (χ4v) is 2.71. The van der Waals surface area contributed by atoms with Crippen molar-refractivity contribution in [1.29, 1.82) is 5.26 Å². The van der Waals surface area contributed by atoms with Crippen molar-refractivity contribution in [1.82, 2.24) is 5.32 Å². The largest absolute Gasteiger partial charge is 0.371 e. The number of hydrogen-bond donors (Lipinski definition) is 1. The average molecular weight is 285 g/mol. The second kappa shape index (κ2) is 6.40. The Bertz CT molecular complexity index is 596. The van der Waals surface area contributed by atoms with Gasteiger partial charge in [-0.1, -0.05) is 0 Å². The van der Waals surface area contributed by atoms with E-state index in [0.717, 1.165) is 31.6 Å². The van der Waals surface area contributed by atoms with Crippen LogP contribution in [0.15, 0.2) is 18.2 Å². The van der Waals surface area contributed by atoms with Crippen LogP contribution in [0.2, 0.25) is 0 Å². The summed E-state index contributed by atoms with van der Waals surface area (Å²) in [5.74, 6) is -0.0113. The highest BCUT2D eigenvalue weighted by atomic mass is 16.1. The van der Waals surface area contributed by atoms with Gasteiger partial charge in [-0.25, -0.2) is 0 Å². The highest BCUT2D eigenvalue weighted by Crippen LogP contribution is 2.26. The van der Waals surface area contributed by atoms with Crippen LogP contribution in [0.5, 0.6) is 0 Å². The second-order valence-electron chi connectivity index (χ2n) is 5.36. The quantitative estimate of drug-likeness (QED) is 0.860. The Hall–Kier alpha value is -2.35. The molecule has 1 fully saturated rings. The van der Waals surface area contributed by atoms with Crippen LogP contribution >= 0.6 is 0 Å². The molecule has 1 aliphatic heterocycles. The van der Waals surface area contributed by atoms with Gasteiger partial charge in [-0.05, 0) is 38.0 Å². The molecule has 1 aromatic carbocycles. The number of anilines is 1. The number of nitrogens with one attached hydrogen (secondary N) is 1. The molecule has 21 heavy (non-hydrogen) atoms. The van der Waals surface area contributed by atoms with Gasteiger partial charge in [-0.2, -0.15) is 5.26 Å². The third-order valence-electron chi connectivity index (χ3n) is 3.75. The lowest BCUT2D eigenvalue weighted by Gasteiger charge is -2.34. The maximum Gasteiger partial charge on any atom is 0.217 e. The first-order chi connectivity index (χ1) is 10.0. The van der Waals surface area contributed by atoms with Gasteiger partial charge in [0.05, 0.1) is 11.6 Å². The monoisotopic (exact) mass is 285 g/mol. The number of nitriles is 1. The lowest BCUT2D eigenvalue weighted by Crippen LogP contribution is -2.44. The van der Waals surface area contributed by atoms with E-state index in [1.807, 2.05) is 0 Å². The molecule has 1 aliphatic rings. The Balaban J connectivity index is 2.17. The standard InChI is InChI=1S/C16H19N3O2/c1-11(20)15-4-3-13(10-17)9-16(15)19-7-5-14(6-8-19)18-12(2)21/h3-4,9,14H,5-8H2,1-2H3,(H,18,21). The molecule has 0 bridgehead atoms. The first kappa shape index (κ1) is 15.0. The molecule has 0 aromatic heterocycles. The number of Topliss-reactive ketones (excluding diaryl/α,β-unsaturated/α-hetero) is 1. The molecule has 0 saturated carbocycles. The fourth-order valence-electron chi connectivity index (χ4n) is 2.71. The predicted molar refractivity (Wildman–Crippen MR) is 80.2 cm³/mol. The van der Waals surface area contributed by atoms with Gasteiger partial charge in [0.1, 0.15) is 0 Å². The van der Waals surface area contributed by atoms with Crippen LogP contribution in [-0.4, -0.2) is 30.8 Å². The van der Waals surface area contributed by atoms with E-state index in [9.17, 15) is 9.59 Å². The second-order valence-corrected chi connectivity index (χ2v) is 5.36. The molecule has 1 heterocycles. The smallest absolute Gasteiger partial charge is 0.217 e. The molecule has 1 N–H and O–H groups in total. The van der Waals surface area contributed by atoms with Gasteiger partial charge in [-0.15, -0.1) is 0 Å². The molecule has 0 radical (unpaired) electrons. The summed E-state index contributed by atoms with van der Waals surface area (Å²) in [6.07, 6.45) is 1.68. The number of rotatable bonds is 3. The number of amides is 1. The van der Waals surface area contributed by atoms with Crippen LogP contribution in [0.4, 0.5) is 5.69 Å². The normalized spacial score (nSPS) is 15.4. The molecule has 5 heteroatoms. The molecule has 0 aliphatic carbocycles. The van der Waals surface area contributed by atoms with Gasteiger partial charge in [-0.3, -0.25) is 9.59 Å². The molecule has 110 valence electrons. The highest BCUT2D eigenvalue weighted by Gasteiger charge is 2.22. The first-order valence-corrected chi connectivity index (χ1v) is 7.08. The van der Waals surface area contributed by atoms with Crippen molar-refractivity contribution < 1.29 is 9.59 Å². The molecular weight excluding hydrogens is 266 g/mol. The van der Waals surface area contributed by atoms with Crippen LogP contribution in [0, 0.1) is 11.3 Å². The van der Waals surface area contributed by atoms with Crippen molar-refractivity contribution in [2.45, 2.75) is 32.7 Å². The Morgan fingerprint density at radius 1 is 1.29 bits per heavy atom. The van der Waals surface area contributed by atoms with Crippen molar-refractivity contribution >= 4 is 17.4 Å². The maximum absolute atomic E-state index is 11.8. The van der Waals surface area contributed by atoms with Crippen molar-refractivity contribution in [3.8, 4) is 6.07 Å². The maximum atomic E-state index is 11.8. The Kier molecular flexibility index (Phi) is 4.59. The summed E-state index contributed by atoms with van der Waals surface area (Å²) >= 11 is 0. The Labute approximate surface area is 124 Å². The Morgan fingerprint density at radius 3 is 2.48 bits per heavy atom. The minimum atomic E-state index is -0.00986. The zero-order chi connectivity index (χ0) is 15.4. The third kappa shape index (κ3) is 3.60. The number of hydrogen-bond acceptors (Lipinski definition) is 4. The summed E-state index contributed by atoms with van der Waals surface area (Å²) in [7, 11) is 0. The fraction of sp³-hybridized carbons (Fsp3) is 0.438. The number of nitrogens with zero attached hydrogens (tertiary/aromatic N) is 2. The lowest BCUT2D eigenvalue weighted by atomic mass is 10.0. The van der Waals surface area contributed by atoms with E-state index in [2.05, 4.69) is 16.3 Å². The number of benzene rings is 1. The van der Waals surface area contributed by atoms with Gasteiger partial charge in [0.2, 0.25) is 5.91 Å². The summed E-state index contributed by atoms with van der Waals surface area (Å²) in [5, 5.41) is 12.0. The molecular formula is C16H19N3O2. The summed E-state index contributed by atoms with van der Waals surface area (Å²) < 4.78 is 0. The molecule has 0 spiro atoms. The van der Waals surface area contributed by atoms with E-state index in [0.29, 0.717) is 11.1 Å². The molecule has 0 unspecified atom stereocenters. The minimum absolute atomic E-state index is 0.00141. The zero-order valence-corrected chi connectivity index (χ0v) is 12.3.